The molecule has 1 unspecified atom stereocenters. The summed E-state index contributed by atoms with van der Waals surface area (Å²) in [5.74, 6) is -1.23. The number of anilines is 1. The summed E-state index contributed by atoms with van der Waals surface area (Å²) in [6.45, 7) is 10.7. The van der Waals surface area contributed by atoms with Gasteiger partial charge in [0.2, 0.25) is 5.91 Å². The van der Waals surface area contributed by atoms with Gasteiger partial charge in [0.1, 0.15) is 11.9 Å². The van der Waals surface area contributed by atoms with Gasteiger partial charge in [-0.3, -0.25) is 4.79 Å². The molecule has 0 bridgehead atoms. The fraction of sp³-hybridized carbons (Fsp3) is 0.750. The van der Waals surface area contributed by atoms with Gasteiger partial charge in [0.25, 0.3) is 0 Å². The van der Waals surface area contributed by atoms with Crippen molar-refractivity contribution in [3.05, 3.63) is 23.4 Å². The summed E-state index contributed by atoms with van der Waals surface area (Å²) in [7, 11) is 0. The minimum absolute atomic E-state index is 0.0705. The second-order valence-electron chi connectivity index (χ2n) is 11.9. The molecule has 0 saturated heterocycles. The number of aryl methyl sites for hydroxylation is 2. The van der Waals surface area contributed by atoms with E-state index in [1.807, 2.05) is 20.8 Å². The first-order valence-corrected chi connectivity index (χ1v) is 13.8. The number of aromatic nitrogens is 1. The summed E-state index contributed by atoms with van der Waals surface area (Å²) in [6, 6.07) is 2.93. The van der Waals surface area contributed by atoms with Crippen LogP contribution in [0.3, 0.4) is 0 Å². The van der Waals surface area contributed by atoms with E-state index in [1.54, 1.807) is 0 Å². The number of hydrogen-bond acceptors (Lipinski definition) is 6. The van der Waals surface area contributed by atoms with Crippen LogP contribution in [0.15, 0.2) is 12.1 Å². The maximum atomic E-state index is 13.2. The van der Waals surface area contributed by atoms with Crippen molar-refractivity contribution >= 4 is 17.7 Å². The molecule has 0 spiro atoms. The summed E-state index contributed by atoms with van der Waals surface area (Å²) < 4.78 is 45.3. The number of nitrogens with zero attached hydrogens (tertiary/aromatic N) is 2. The maximum absolute atomic E-state index is 13.2. The van der Waals surface area contributed by atoms with E-state index in [1.165, 1.54) is 5.56 Å². The third-order valence-electron chi connectivity index (χ3n) is 6.79. The van der Waals surface area contributed by atoms with Gasteiger partial charge < -0.3 is 25.4 Å². The number of fused-ring (bicyclic) bond motifs is 1. The molecule has 0 aromatic carbocycles. The van der Waals surface area contributed by atoms with Crippen LogP contribution < -0.4 is 10.6 Å². The summed E-state index contributed by atoms with van der Waals surface area (Å²) in [5.41, 5.74) is -0.293. The Kier molecular flexibility index (Phi) is 12.0. The fourth-order valence-electron chi connectivity index (χ4n) is 4.28. The lowest BCUT2D eigenvalue weighted by Crippen LogP contribution is -2.46. The van der Waals surface area contributed by atoms with Crippen LogP contribution >= 0.6 is 0 Å². The Morgan fingerprint density at radius 2 is 1.85 bits per heavy atom. The third kappa shape index (κ3) is 11.7. The van der Waals surface area contributed by atoms with Crippen LogP contribution in [-0.2, 0) is 27.2 Å². The molecule has 2 rings (SSSR count). The molecule has 1 atom stereocenters. The number of rotatable bonds is 15. The van der Waals surface area contributed by atoms with Crippen molar-refractivity contribution in [1.82, 2.24) is 15.2 Å². The van der Waals surface area contributed by atoms with Crippen LogP contribution in [0.4, 0.5) is 19.0 Å². The lowest BCUT2D eigenvalue weighted by atomic mass is 9.88. The number of aliphatic carboxylic acids is 1. The molecule has 222 valence electrons. The number of carbonyl (C=O) groups is 2. The Morgan fingerprint density at radius 1 is 1.13 bits per heavy atom. The SMILES string of the molecule is CC(C)(C)OCCN(CCCCc1ccc2c(n1)NCCC2)CCC(NC(=O)CC(C)(C)C(F)(F)F)C(=O)O. The smallest absolute Gasteiger partial charge is 0.394 e. The number of hydrogen-bond donors (Lipinski definition) is 3. The Balaban J connectivity index is 1.91. The van der Waals surface area contributed by atoms with Crippen LogP contribution in [0, 0.1) is 5.41 Å². The predicted molar refractivity (Wildman–Crippen MR) is 145 cm³/mol. The van der Waals surface area contributed by atoms with Gasteiger partial charge in [-0.05, 0) is 77.5 Å². The number of ether oxygens (including phenoxy) is 1. The molecule has 1 aromatic heterocycles. The van der Waals surface area contributed by atoms with E-state index >= 15 is 0 Å². The molecule has 11 heteroatoms. The van der Waals surface area contributed by atoms with E-state index < -0.39 is 35.9 Å². The second-order valence-corrected chi connectivity index (χ2v) is 11.9. The van der Waals surface area contributed by atoms with Gasteiger partial charge in [-0.1, -0.05) is 19.9 Å². The highest BCUT2D eigenvalue weighted by molar-refractivity contribution is 5.83. The zero-order valence-electron chi connectivity index (χ0n) is 23.9. The van der Waals surface area contributed by atoms with E-state index in [0.29, 0.717) is 26.2 Å². The first-order chi connectivity index (χ1) is 18.1. The van der Waals surface area contributed by atoms with E-state index in [9.17, 15) is 27.9 Å². The van der Waals surface area contributed by atoms with Crippen LogP contribution in [0.1, 0.15) is 78.0 Å². The second kappa shape index (κ2) is 14.3. The number of amides is 1. The zero-order chi connectivity index (χ0) is 29.3. The van der Waals surface area contributed by atoms with Gasteiger partial charge in [0, 0.05) is 31.7 Å². The largest absolute Gasteiger partial charge is 0.480 e. The summed E-state index contributed by atoms with van der Waals surface area (Å²) in [6.07, 6.45) is -0.613. The third-order valence-corrected chi connectivity index (χ3v) is 6.79. The molecule has 2 heterocycles. The van der Waals surface area contributed by atoms with Gasteiger partial charge in [-0.25, -0.2) is 9.78 Å². The van der Waals surface area contributed by atoms with Crippen molar-refractivity contribution < 1.29 is 32.6 Å². The summed E-state index contributed by atoms with van der Waals surface area (Å²) >= 11 is 0. The first-order valence-electron chi connectivity index (χ1n) is 13.8. The lowest BCUT2D eigenvalue weighted by molar-refractivity contribution is -0.213. The lowest BCUT2D eigenvalue weighted by Gasteiger charge is -2.28. The number of carboxylic acids is 1. The van der Waals surface area contributed by atoms with Gasteiger partial charge in [0.15, 0.2) is 0 Å². The topological polar surface area (TPSA) is 104 Å². The number of pyridine rings is 1. The number of carboxylic acid groups (broad SMARTS) is 1. The van der Waals surface area contributed by atoms with Gasteiger partial charge in [0.05, 0.1) is 17.6 Å². The number of alkyl halides is 3. The van der Waals surface area contributed by atoms with Crippen LogP contribution in [-0.4, -0.2) is 77.5 Å². The van der Waals surface area contributed by atoms with Crippen molar-refractivity contribution in [3.8, 4) is 0 Å². The molecule has 39 heavy (non-hydrogen) atoms. The molecule has 0 saturated carbocycles. The quantitative estimate of drug-likeness (QED) is 0.265. The molecule has 0 aliphatic carbocycles. The van der Waals surface area contributed by atoms with Crippen LogP contribution in [0.2, 0.25) is 0 Å². The van der Waals surface area contributed by atoms with Crippen molar-refractivity contribution in [2.45, 2.75) is 97.4 Å². The standard InChI is InChI=1S/C28H45F3N4O4/c1-26(2,3)39-18-17-35(15-7-6-10-21-12-11-20-9-8-14-32-24(20)33-21)16-13-22(25(37)38)34-23(36)19-27(4,5)28(29,30)31/h11-12,22H,6-10,13-19H2,1-5H3,(H,32,33)(H,34,36)(H,37,38). The Bertz CT molecular complexity index is 948. The highest BCUT2D eigenvalue weighted by Gasteiger charge is 2.48. The number of unbranched alkanes of at least 4 members (excludes halogenated alkanes) is 1. The van der Waals surface area contributed by atoms with Gasteiger partial charge >= 0.3 is 12.1 Å². The molecule has 8 nitrogen and oxygen atoms in total. The van der Waals surface area contributed by atoms with Crippen LogP contribution in [0.25, 0.3) is 0 Å². The number of nitrogens with one attached hydrogen (secondary N) is 2. The Morgan fingerprint density at radius 3 is 2.49 bits per heavy atom. The molecular weight excluding hydrogens is 513 g/mol. The van der Waals surface area contributed by atoms with Crippen molar-refractivity contribution in [2.24, 2.45) is 5.41 Å². The molecule has 1 aliphatic heterocycles. The molecule has 0 radical (unpaired) electrons. The van der Waals surface area contributed by atoms with E-state index in [4.69, 9.17) is 9.72 Å². The van der Waals surface area contributed by atoms with Crippen molar-refractivity contribution in [2.75, 3.05) is 38.1 Å². The monoisotopic (exact) mass is 558 g/mol. The average Bonchev–Trinajstić information content (AvgIpc) is 2.81. The number of halogens is 3. The summed E-state index contributed by atoms with van der Waals surface area (Å²) in [4.78, 5) is 30.9. The molecular formula is C28H45F3N4O4. The van der Waals surface area contributed by atoms with E-state index in [2.05, 4.69) is 27.7 Å². The Hall–Kier alpha value is -2.40. The highest BCUT2D eigenvalue weighted by Crippen LogP contribution is 2.40. The normalized spacial score (nSPS) is 15.0. The van der Waals surface area contributed by atoms with E-state index in [-0.39, 0.29) is 12.0 Å². The zero-order valence-corrected chi connectivity index (χ0v) is 23.9. The molecule has 1 aliphatic rings. The average molecular weight is 559 g/mol. The minimum atomic E-state index is -4.57. The molecule has 3 N–H and O–H groups in total. The highest BCUT2D eigenvalue weighted by atomic mass is 19.4. The van der Waals surface area contributed by atoms with Crippen molar-refractivity contribution in [1.29, 1.82) is 0 Å². The molecule has 1 amide bonds. The molecule has 0 fully saturated rings. The minimum Gasteiger partial charge on any atom is -0.480 e. The van der Waals surface area contributed by atoms with Gasteiger partial charge in [-0.2, -0.15) is 13.2 Å². The summed E-state index contributed by atoms with van der Waals surface area (Å²) in [5, 5.41) is 15.2. The van der Waals surface area contributed by atoms with Gasteiger partial charge in [-0.15, -0.1) is 0 Å². The Labute approximate surface area is 230 Å². The predicted octanol–water partition coefficient (Wildman–Crippen LogP) is 4.82. The maximum Gasteiger partial charge on any atom is 0.394 e. The fourth-order valence-corrected chi connectivity index (χ4v) is 4.28. The first kappa shape index (κ1) is 32.8. The number of carbonyl (C=O) groups excluding carboxylic acids is 1. The molecule has 1 aromatic rings. The van der Waals surface area contributed by atoms with Crippen LogP contribution in [0.5, 0.6) is 0 Å². The van der Waals surface area contributed by atoms with Crippen molar-refractivity contribution in [3.63, 3.8) is 0 Å². The van der Waals surface area contributed by atoms with E-state index in [0.717, 1.165) is 64.0 Å².